The first-order valence-electron chi connectivity index (χ1n) is 8.44. The van der Waals surface area contributed by atoms with Crippen molar-refractivity contribution in [2.24, 2.45) is 7.05 Å². The Morgan fingerprint density at radius 2 is 1.88 bits per heavy atom. The minimum Gasteiger partial charge on any atom is -0.389 e. The fraction of sp³-hybridized carbons (Fsp3) is 0.556. The van der Waals surface area contributed by atoms with Gasteiger partial charge >= 0.3 is 0 Å². The average molecular weight is 351 g/mol. The third kappa shape index (κ3) is 3.01. The fourth-order valence-electron chi connectivity index (χ4n) is 3.49. The van der Waals surface area contributed by atoms with Gasteiger partial charge in [-0.25, -0.2) is 13.8 Å². The number of hydrogen-bond donors (Lipinski definition) is 1. The Balaban J connectivity index is 2.22. The molecule has 1 N–H and O–H groups in total. The molecule has 7 heteroatoms. The van der Waals surface area contributed by atoms with Crippen LogP contribution in [0.1, 0.15) is 42.6 Å². The molecule has 136 valence electrons. The molecule has 1 aliphatic rings. The number of aryl methyl sites for hydroxylation is 1. The molecule has 1 aromatic heterocycles. The quantitative estimate of drug-likeness (QED) is 0.904. The Morgan fingerprint density at radius 3 is 2.44 bits per heavy atom. The van der Waals surface area contributed by atoms with Crippen LogP contribution < -0.4 is 10.5 Å². The van der Waals surface area contributed by atoms with Crippen molar-refractivity contribution in [2.75, 3.05) is 18.0 Å². The fourth-order valence-corrected chi connectivity index (χ4v) is 3.49. The molecule has 1 fully saturated rings. The number of piperidine rings is 1. The highest BCUT2D eigenvalue weighted by Gasteiger charge is 2.35. The number of halogens is 2. The van der Waals surface area contributed by atoms with Crippen molar-refractivity contribution in [2.45, 2.75) is 45.6 Å². The third-order valence-electron chi connectivity index (χ3n) is 5.11. The van der Waals surface area contributed by atoms with E-state index in [-0.39, 0.29) is 31.5 Å². The van der Waals surface area contributed by atoms with Gasteiger partial charge in [-0.1, -0.05) is 0 Å². The van der Waals surface area contributed by atoms with Crippen LogP contribution >= 0.6 is 0 Å². The predicted molar refractivity (Wildman–Crippen MR) is 93.5 cm³/mol. The molecule has 2 aromatic rings. The number of nitrogens with zero attached hydrogens (tertiary/aromatic N) is 3. The molecule has 3 rings (SSSR count). The molecule has 1 aliphatic heterocycles. The second kappa shape index (κ2) is 6.05. The third-order valence-corrected chi connectivity index (χ3v) is 5.11. The molecule has 0 radical (unpaired) electrons. The highest BCUT2D eigenvalue weighted by Crippen LogP contribution is 2.32. The normalized spacial score (nSPS) is 18.6. The first kappa shape index (κ1) is 17.8. The highest BCUT2D eigenvalue weighted by atomic mass is 19.3. The van der Waals surface area contributed by atoms with Crippen LogP contribution in [0.25, 0.3) is 10.9 Å². The molecule has 1 atom stereocenters. The molecule has 0 amide bonds. The summed E-state index contributed by atoms with van der Waals surface area (Å²) in [6.45, 7) is 5.71. The molecule has 1 unspecified atom stereocenters. The Hall–Kier alpha value is -2.02. The lowest BCUT2D eigenvalue weighted by Gasteiger charge is -2.33. The van der Waals surface area contributed by atoms with E-state index in [9.17, 15) is 18.7 Å². The maximum atomic E-state index is 13.4. The van der Waals surface area contributed by atoms with E-state index in [1.807, 2.05) is 13.8 Å². The summed E-state index contributed by atoms with van der Waals surface area (Å²) >= 11 is 0. The average Bonchev–Trinajstić information content (AvgIpc) is 2.53. The van der Waals surface area contributed by atoms with E-state index in [0.717, 1.165) is 11.1 Å². The molecule has 5 nitrogen and oxygen atoms in total. The summed E-state index contributed by atoms with van der Waals surface area (Å²) in [5, 5.41) is 10.6. The molecular formula is C18H23F2N3O2. The van der Waals surface area contributed by atoms with Gasteiger partial charge in [0.2, 0.25) is 5.95 Å². The zero-order valence-corrected chi connectivity index (χ0v) is 14.9. The number of fused-ring (bicyclic) bond motifs is 1. The lowest BCUT2D eigenvalue weighted by Crippen LogP contribution is -2.42. The topological polar surface area (TPSA) is 58.4 Å². The maximum Gasteiger partial charge on any atom is 0.262 e. The number of alkyl halides is 2. The Bertz CT molecular complexity index is 880. The van der Waals surface area contributed by atoms with Gasteiger partial charge in [0.15, 0.2) is 0 Å². The van der Waals surface area contributed by atoms with Gasteiger partial charge < -0.3 is 10.0 Å². The summed E-state index contributed by atoms with van der Waals surface area (Å²) in [7, 11) is 1.61. The monoisotopic (exact) mass is 351 g/mol. The second-order valence-corrected chi connectivity index (χ2v) is 6.92. The molecule has 1 aromatic carbocycles. The van der Waals surface area contributed by atoms with Gasteiger partial charge in [0.1, 0.15) is 0 Å². The lowest BCUT2D eigenvalue weighted by atomic mass is 9.96. The summed E-state index contributed by atoms with van der Waals surface area (Å²) in [6, 6.07) is 1.78. The zero-order valence-electron chi connectivity index (χ0n) is 14.9. The molecular weight excluding hydrogens is 328 g/mol. The zero-order chi connectivity index (χ0) is 18.5. The summed E-state index contributed by atoms with van der Waals surface area (Å²) < 4.78 is 28.3. The first-order valence-corrected chi connectivity index (χ1v) is 8.44. The van der Waals surface area contributed by atoms with Crippen LogP contribution in [0.5, 0.6) is 0 Å². The number of benzene rings is 1. The minimum absolute atomic E-state index is 0.146. The Morgan fingerprint density at radius 1 is 1.28 bits per heavy atom. The van der Waals surface area contributed by atoms with Gasteiger partial charge in [-0.05, 0) is 38.0 Å². The van der Waals surface area contributed by atoms with E-state index >= 15 is 0 Å². The van der Waals surface area contributed by atoms with Crippen LogP contribution in [0.4, 0.5) is 14.7 Å². The molecule has 25 heavy (non-hydrogen) atoms. The van der Waals surface area contributed by atoms with Crippen LogP contribution in [0.2, 0.25) is 0 Å². The van der Waals surface area contributed by atoms with E-state index in [2.05, 4.69) is 4.98 Å². The number of hydrogen-bond acceptors (Lipinski definition) is 4. The molecule has 0 bridgehead atoms. The molecule has 0 aliphatic carbocycles. The number of aromatic nitrogens is 2. The standard InChI is InChI=1S/C18H23F2N3O2/c1-10-9-13-15(14(11(10)2)12(3)24)21-17(22(4)16(13)25)23-7-5-18(19,20)6-8-23/h9,12,24H,5-8H2,1-4H3. The van der Waals surface area contributed by atoms with Crippen LogP contribution in [-0.2, 0) is 7.05 Å². The van der Waals surface area contributed by atoms with E-state index in [0.29, 0.717) is 22.4 Å². The number of aliphatic hydroxyl groups excluding tert-OH is 1. The van der Waals surface area contributed by atoms with E-state index < -0.39 is 12.0 Å². The first-order chi connectivity index (χ1) is 11.6. The SMILES string of the molecule is Cc1cc2c(=O)n(C)c(N3CCC(F)(F)CC3)nc2c(C(C)O)c1C. The largest absolute Gasteiger partial charge is 0.389 e. The van der Waals surface area contributed by atoms with Gasteiger partial charge in [-0.3, -0.25) is 9.36 Å². The maximum absolute atomic E-state index is 13.4. The van der Waals surface area contributed by atoms with E-state index in [1.165, 1.54) is 4.57 Å². The van der Waals surface area contributed by atoms with Gasteiger partial charge in [0.25, 0.3) is 11.5 Å². The smallest absolute Gasteiger partial charge is 0.262 e. The van der Waals surface area contributed by atoms with Gasteiger partial charge in [0.05, 0.1) is 17.0 Å². The number of anilines is 1. The summed E-state index contributed by atoms with van der Waals surface area (Å²) in [5.74, 6) is -2.29. The van der Waals surface area contributed by atoms with Gasteiger partial charge in [-0.15, -0.1) is 0 Å². The Kier molecular flexibility index (Phi) is 4.31. The molecule has 0 saturated carbocycles. The Labute approximate surface area is 144 Å². The van der Waals surface area contributed by atoms with Gasteiger partial charge in [-0.2, -0.15) is 0 Å². The van der Waals surface area contributed by atoms with Crippen molar-refractivity contribution in [1.29, 1.82) is 0 Å². The summed E-state index contributed by atoms with van der Waals surface area (Å²) in [5.41, 5.74) is 2.64. The van der Waals surface area contributed by atoms with Crippen molar-refractivity contribution < 1.29 is 13.9 Å². The molecule has 0 spiro atoms. The van der Waals surface area contributed by atoms with Crippen LogP contribution in [0, 0.1) is 13.8 Å². The molecule has 1 saturated heterocycles. The second-order valence-electron chi connectivity index (χ2n) is 6.92. The highest BCUT2D eigenvalue weighted by molar-refractivity contribution is 5.84. The minimum atomic E-state index is -2.66. The lowest BCUT2D eigenvalue weighted by molar-refractivity contribution is -0.0223. The van der Waals surface area contributed by atoms with Crippen molar-refractivity contribution in [1.82, 2.24) is 9.55 Å². The van der Waals surface area contributed by atoms with E-state index in [1.54, 1.807) is 24.9 Å². The van der Waals surface area contributed by atoms with Crippen LogP contribution in [0.3, 0.4) is 0 Å². The number of aliphatic hydroxyl groups is 1. The van der Waals surface area contributed by atoms with Crippen molar-refractivity contribution in [3.63, 3.8) is 0 Å². The predicted octanol–water partition coefficient (Wildman–Crippen LogP) is 2.84. The summed E-state index contributed by atoms with van der Waals surface area (Å²) in [6.07, 6.45) is -1.28. The van der Waals surface area contributed by atoms with Crippen LogP contribution in [-0.4, -0.2) is 33.7 Å². The van der Waals surface area contributed by atoms with Crippen LogP contribution in [0.15, 0.2) is 10.9 Å². The van der Waals surface area contributed by atoms with Crippen molar-refractivity contribution >= 4 is 16.9 Å². The van der Waals surface area contributed by atoms with Crippen molar-refractivity contribution in [3.05, 3.63) is 33.1 Å². The van der Waals surface area contributed by atoms with Gasteiger partial charge in [0, 0.05) is 38.5 Å². The molecule has 2 heterocycles. The van der Waals surface area contributed by atoms with E-state index in [4.69, 9.17) is 0 Å². The van der Waals surface area contributed by atoms with Crippen molar-refractivity contribution in [3.8, 4) is 0 Å². The number of rotatable bonds is 2. The summed E-state index contributed by atoms with van der Waals surface area (Å²) in [4.78, 5) is 19.2.